The van der Waals surface area contributed by atoms with E-state index in [1.54, 1.807) is 14.2 Å². The number of hydrogen-bond donors (Lipinski definition) is 0. The van der Waals surface area contributed by atoms with Crippen LogP contribution in [-0.4, -0.2) is 37.6 Å². The number of likely N-dealkylation sites (tertiary alicyclic amines) is 1. The molecule has 1 aliphatic rings. The summed E-state index contributed by atoms with van der Waals surface area (Å²) in [6.45, 7) is 2.95. The molecule has 0 radical (unpaired) electrons. The molecule has 1 atom stereocenters. The van der Waals surface area contributed by atoms with Crippen molar-refractivity contribution in [1.82, 2.24) is 4.90 Å². The van der Waals surface area contributed by atoms with Crippen molar-refractivity contribution in [3.8, 4) is 11.5 Å². The van der Waals surface area contributed by atoms with Crippen molar-refractivity contribution in [2.24, 2.45) is 0 Å². The summed E-state index contributed by atoms with van der Waals surface area (Å²) >= 11 is 0. The van der Waals surface area contributed by atoms with Gasteiger partial charge in [0, 0.05) is 12.6 Å². The SMILES string of the molecule is COc1ccc(CC[C@@H]2CCCCN2C(=O)Cc2ccc(C)cc2)cc1OC. The second kappa shape index (κ2) is 9.63. The van der Waals surface area contributed by atoms with Gasteiger partial charge >= 0.3 is 0 Å². The van der Waals surface area contributed by atoms with Crippen LogP contribution in [0.3, 0.4) is 0 Å². The molecule has 0 aliphatic carbocycles. The number of aryl methyl sites for hydroxylation is 2. The Kier molecular flexibility index (Phi) is 6.96. The monoisotopic (exact) mass is 381 g/mol. The Balaban J connectivity index is 1.63. The summed E-state index contributed by atoms with van der Waals surface area (Å²) in [5.41, 5.74) is 3.54. The van der Waals surface area contributed by atoms with Crippen LogP contribution < -0.4 is 9.47 Å². The lowest BCUT2D eigenvalue weighted by Gasteiger charge is -2.36. The van der Waals surface area contributed by atoms with Gasteiger partial charge in [-0.2, -0.15) is 0 Å². The summed E-state index contributed by atoms with van der Waals surface area (Å²) in [4.78, 5) is 15.1. The van der Waals surface area contributed by atoms with Crippen LogP contribution in [-0.2, 0) is 17.6 Å². The minimum atomic E-state index is 0.251. The molecule has 0 N–H and O–H groups in total. The van der Waals surface area contributed by atoms with Gasteiger partial charge in [-0.05, 0) is 62.3 Å². The van der Waals surface area contributed by atoms with Crippen molar-refractivity contribution >= 4 is 5.91 Å². The molecule has 2 aromatic rings. The molecule has 4 nitrogen and oxygen atoms in total. The van der Waals surface area contributed by atoms with Crippen LogP contribution in [0.25, 0.3) is 0 Å². The lowest BCUT2D eigenvalue weighted by molar-refractivity contribution is -0.134. The molecule has 1 fully saturated rings. The molecular weight excluding hydrogens is 350 g/mol. The molecule has 0 saturated carbocycles. The normalized spacial score (nSPS) is 16.7. The van der Waals surface area contributed by atoms with E-state index < -0.39 is 0 Å². The van der Waals surface area contributed by atoms with E-state index in [1.807, 2.05) is 12.1 Å². The molecule has 2 aromatic carbocycles. The van der Waals surface area contributed by atoms with Crippen LogP contribution in [0, 0.1) is 6.92 Å². The van der Waals surface area contributed by atoms with Gasteiger partial charge in [-0.3, -0.25) is 4.79 Å². The largest absolute Gasteiger partial charge is 0.493 e. The van der Waals surface area contributed by atoms with Crippen molar-refractivity contribution in [3.05, 3.63) is 59.2 Å². The molecule has 4 heteroatoms. The molecule has 0 unspecified atom stereocenters. The number of methoxy groups -OCH3 is 2. The van der Waals surface area contributed by atoms with Crippen LogP contribution in [0.1, 0.15) is 42.4 Å². The van der Waals surface area contributed by atoms with Crippen molar-refractivity contribution < 1.29 is 14.3 Å². The third-order valence-corrected chi connectivity index (χ3v) is 5.64. The Morgan fingerprint density at radius 1 is 1.00 bits per heavy atom. The Labute approximate surface area is 168 Å². The van der Waals surface area contributed by atoms with E-state index in [1.165, 1.54) is 17.5 Å². The van der Waals surface area contributed by atoms with Gasteiger partial charge in [-0.1, -0.05) is 35.9 Å². The van der Waals surface area contributed by atoms with Gasteiger partial charge in [-0.25, -0.2) is 0 Å². The fraction of sp³-hybridized carbons (Fsp3) is 0.458. The van der Waals surface area contributed by atoms with Gasteiger partial charge in [0.2, 0.25) is 5.91 Å². The minimum Gasteiger partial charge on any atom is -0.493 e. The second-order valence-corrected chi connectivity index (χ2v) is 7.63. The Morgan fingerprint density at radius 3 is 2.43 bits per heavy atom. The van der Waals surface area contributed by atoms with E-state index in [2.05, 4.69) is 42.2 Å². The summed E-state index contributed by atoms with van der Waals surface area (Å²) in [7, 11) is 3.31. The highest BCUT2D eigenvalue weighted by atomic mass is 16.5. The maximum absolute atomic E-state index is 12.9. The third-order valence-electron chi connectivity index (χ3n) is 5.64. The number of carbonyl (C=O) groups is 1. The lowest BCUT2D eigenvalue weighted by atomic mass is 9.95. The average Bonchev–Trinajstić information content (AvgIpc) is 2.73. The van der Waals surface area contributed by atoms with Gasteiger partial charge in [0.25, 0.3) is 0 Å². The highest BCUT2D eigenvalue weighted by molar-refractivity contribution is 5.79. The number of amides is 1. The number of carbonyl (C=O) groups excluding carboxylic acids is 1. The van der Waals surface area contributed by atoms with E-state index >= 15 is 0 Å². The van der Waals surface area contributed by atoms with Crippen molar-refractivity contribution in [2.45, 2.75) is 51.5 Å². The highest BCUT2D eigenvalue weighted by Gasteiger charge is 2.26. The Morgan fingerprint density at radius 2 is 1.71 bits per heavy atom. The van der Waals surface area contributed by atoms with Gasteiger partial charge in [0.05, 0.1) is 20.6 Å². The summed E-state index contributed by atoms with van der Waals surface area (Å²) < 4.78 is 10.7. The fourth-order valence-electron chi connectivity index (χ4n) is 3.98. The molecule has 150 valence electrons. The molecule has 1 aliphatic heterocycles. The number of ether oxygens (including phenoxy) is 2. The molecule has 1 amide bonds. The van der Waals surface area contributed by atoms with Gasteiger partial charge < -0.3 is 14.4 Å². The van der Waals surface area contributed by atoms with Crippen molar-refractivity contribution in [3.63, 3.8) is 0 Å². The summed E-state index contributed by atoms with van der Waals surface area (Å²) in [5.74, 6) is 1.76. The number of nitrogens with zero attached hydrogens (tertiary/aromatic N) is 1. The van der Waals surface area contributed by atoms with Gasteiger partial charge in [-0.15, -0.1) is 0 Å². The Hall–Kier alpha value is -2.49. The second-order valence-electron chi connectivity index (χ2n) is 7.63. The predicted molar refractivity (Wildman–Crippen MR) is 112 cm³/mol. The molecule has 0 aromatic heterocycles. The quantitative estimate of drug-likeness (QED) is 0.705. The first-order valence-corrected chi connectivity index (χ1v) is 10.2. The molecular formula is C24H31NO3. The summed E-state index contributed by atoms with van der Waals surface area (Å²) in [6, 6.07) is 14.7. The highest BCUT2D eigenvalue weighted by Crippen LogP contribution is 2.29. The van der Waals surface area contributed by atoms with Gasteiger partial charge in [0.15, 0.2) is 11.5 Å². The first kappa shape index (κ1) is 20.2. The van der Waals surface area contributed by atoms with E-state index in [9.17, 15) is 4.79 Å². The Bertz CT molecular complexity index is 785. The maximum atomic E-state index is 12.9. The maximum Gasteiger partial charge on any atom is 0.227 e. The van der Waals surface area contributed by atoms with Crippen LogP contribution >= 0.6 is 0 Å². The molecule has 1 heterocycles. The van der Waals surface area contributed by atoms with Crippen molar-refractivity contribution in [2.75, 3.05) is 20.8 Å². The summed E-state index contributed by atoms with van der Waals surface area (Å²) in [6.07, 6.45) is 5.80. The predicted octanol–water partition coefficient (Wildman–Crippen LogP) is 4.57. The minimum absolute atomic E-state index is 0.251. The zero-order valence-corrected chi connectivity index (χ0v) is 17.2. The first-order valence-electron chi connectivity index (χ1n) is 10.2. The molecule has 3 rings (SSSR count). The zero-order chi connectivity index (χ0) is 19.9. The average molecular weight is 382 g/mol. The van der Waals surface area contributed by atoms with Crippen LogP contribution in [0.15, 0.2) is 42.5 Å². The molecule has 28 heavy (non-hydrogen) atoms. The van der Waals surface area contributed by atoms with E-state index in [-0.39, 0.29) is 5.91 Å². The van der Waals surface area contributed by atoms with Crippen LogP contribution in [0.2, 0.25) is 0 Å². The standard InChI is InChI=1S/C24H31NO3/c1-18-7-9-20(10-8-18)17-24(26)25-15-5-4-6-21(25)13-11-19-12-14-22(27-2)23(16-19)28-3/h7-10,12,14,16,21H,4-6,11,13,15,17H2,1-3H3/t21-/m0/s1. The third kappa shape index (κ3) is 5.06. The number of benzene rings is 2. The number of hydrogen-bond acceptors (Lipinski definition) is 3. The fourth-order valence-corrected chi connectivity index (χ4v) is 3.98. The first-order chi connectivity index (χ1) is 13.6. The number of rotatable bonds is 7. The van der Waals surface area contributed by atoms with E-state index in [0.717, 1.165) is 49.3 Å². The van der Waals surface area contributed by atoms with E-state index in [0.29, 0.717) is 12.5 Å². The molecule has 1 saturated heterocycles. The molecule has 0 spiro atoms. The van der Waals surface area contributed by atoms with Crippen molar-refractivity contribution in [1.29, 1.82) is 0 Å². The van der Waals surface area contributed by atoms with E-state index in [4.69, 9.17) is 9.47 Å². The summed E-state index contributed by atoms with van der Waals surface area (Å²) in [5, 5.41) is 0. The zero-order valence-electron chi connectivity index (χ0n) is 17.2. The topological polar surface area (TPSA) is 38.8 Å². The number of piperidine rings is 1. The van der Waals surface area contributed by atoms with Crippen LogP contribution in [0.4, 0.5) is 0 Å². The van der Waals surface area contributed by atoms with Crippen LogP contribution in [0.5, 0.6) is 11.5 Å². The van der Waals surface area contributed by atoms with Gasteiger partial charge in [0.1, 0.15) is 0 Å². The smallest absolute Gasteiger partial charge is 0.227 e. The lowest BCUT2D eigenvalue weighted by Crippen LogP contribution is -2.44. The molecule has 0 bridgehead atoms.